The fraction of sp³-hybridized carbons (Fsp3) is 0.471. The van der Waals surface area contributed by atoms with Gasteiger partial charge in [0.25, 0.3) is 0 Å². The van der Waals surface area contributed by atoms with E-state index >= 15 is 0 Å². The Balaban J connectivity index is 2.16. The second-order valence-corrected chi connectivity index (χ2v) is 6.35. The van der Waals surface area contributed by atoms with Crippen LogP contribution in [0.3, 0.4) is 0 Å². The van der Waals surface area contributed by atoms with E-state index in [9.17, 15) is 4.79 Å². The zero-order chi connectivity index (χ0) is 13.5. The van der Waals surface area contributed by atoms with Gasteiger partial charge in [-0.15, -0.1) is 0 Å². The first-order chi connectivity index (χ1) is 9.09. The summed E-state index contributed by atoms with van der Waals surface area (Å²) in [5.74, 6) is 0. The normalized spacial score (nSPS) is 21.1. The monoisotopic (exact) mass is 255 g/mol. The van der Waals surface area contributed by atoms with Crippen LogP contribution in [-0.2, 0) is 10.2 Å². The van der Waals surface area contributed by atoms with E-state index in [1.54, 1.807) is 0 Å². The number of carbonyl (C=O) groups excluding carboxylic acids is 1. The number of allylic oxidation sites excluding steroid dienone is 2. The molecule has 2 aliphatic rings. The van der Waals surface area contributed by atoms with Gasteiger partial charge in [0.1, 0.15) is 6.29 Å². The third-order valence-electron chi connectivity index (χ3n) is 4.66. The lowest BCUT2D eigenvalue weighted by Gasteiger charge is -2.33. The zero-order valence-corrected chi connectivity index (χ0v) is 11.7. The highest BCUT2D eigenvalue weighted by Gasteiger charge is 2.42. The molecule has 1 spiro atoms. The van der Waals surface area contributed by atoms with Crippen molar-refractivity contribution in [3.63, 3.8) is 0 Å². The molecule has 3 rings (SSSR count). The standard InChI is InChI=1S/C17H21NO/c1-16(2,12-19)15-11-17(7-9-18-10-8-17)14-6-4-3-5-13(14)15/h3-6,11-12,18H,7-10H2,1-2H3. The maximum Gasteiger partial charge on any atom is 0.129 e. The third-order valence-corrected chi connectivity index (χ3v) is 4.66. The Hall–Kier alpha value is -1.41. The van der Waals surface area contributed by atoms with E-state index in [4.69, 9.17) is 0 Å². The molecule has 1 N–H and O–H groups in total. The van der Waals surface area contributed by atoms with E-state index in [1.807, 2.05) is 13.8 Å². The molecule has 2 nitrogen and oxygen atoms in total. The van der Waals surface area contributed by atoms with E-state index in [0.29, 0.717) is 0 Å². The lowest BCUT2D eigenvalue weighted by molar-refractivity contribution is -0.112. The number of nitrogens with one attached hydrogen (secondary N) is 1. The Labute approximate surface area is 114 Å². The molecule has 1 aromatic carbocycles. The first kappa shape index (κ1) is 12.6. The van der Waals surface area contributed by atoms with Crippen LogP contribution < -0.4 is 5.32 Å². The van der Waals surface area contributed by atoms with E-state index in [0.717, 1.165) is 32.2 Å². The molecule has 0 radical (unpaired) electrons. The Morgan fingerprint density at radius 2 is 1.89 bits per heavy atom. The second-order valence-electron chi connectivity index (χ2n) is 6.35. The molecule has 1 heterocycles. The maximum atomic E-state index is 11.4. The minimum absolute atomic E-state index is 0.150. The van der Waals surface area contributed by atoms with E-state index in [2.05, 4.69) is 35.7 Å². The van der Waals surface area contributed by atoms with Gasteiger partial charge in [-0.25, -0.2) is 0 Å². The van der Waals surface area contributed by atoms with Crippen molar-refractivity contribution in [3.8, 4) is 0 Å². The number of hydrogen-bond donors (Lipinski definition) is 1. The van der Waals surface area contributed by atoms with E-state index < -0.39 is 5.41 Å². The summed E-state index contributed by atoms with van der Waals surface area (Å²) in [5.41, 5.74) is 3.66. The summed E-state index contributed by atoms with van der Waals surface area (Å²) in [6.07, 6.45) is 5.72. The molecule has 0 amide bonds. The Morgan fingerprint density at radius 3 is 2.58 bits per heavy atom. The van der Waals surface area contributed by atoms with Gasteiger partial charge in [-0.3, -0.25) is 0 Å². The van der Waals surface area contributed by atoms with Crippen LogP contribution in [0.5, 0.6) is 0 Å². The summed E-state index contributed by atoms with van der Waals surface area (Å²) in [5, 5.41) is 3.44. The number of rotatable bonds is 2. The first-order valence-electron chi connectivity index (χ1n) is 7.09. The van der Waals surface area contributed by atoms with Crippen molar-refractivity contribution in [2.45, 2.75) is 32.1 Å². The summed E-state index contributed by atoms with van der Waals surface area (Å²) in [7, 11) is 0. The topological polar surface area (TPSA) is 29.1 Å². The van der Waals surface area contributed by atoms with Gasteiger partial charge in [0.15, 0.2) is 0 Å². The number of carbonyl (C=O) groups is 1. The Bertz CT molecular complexity index is 536. The van der Waals surface area contributed by atoms with Crippen LogP contribution in [0.25, 0.3) is 5.57 Å². The highest BCUT2D eigenvalue weighted by Crippen LogP contribution is 2.50. The number of benzene rings is 1. The van der Waals surface area contributed by atoms with Crippen LogP contribution in [-0.4, -0.2) is 19.4 Å². The number of fused-ring (bicyclic) bond motifs is 2. The molecule has 2 heteroatoms. The lowest BCUT2D eigenvalue weighted by atomic mass is 9.75. The molecular formula is C17H21NO. The molecule has 0 unspecified atom stereocenters. The summed E-state index contributed by atoms with van der Waals surface area (Å²) in [6.45, 7) is 6.14. The Kier molecular flexibility index (Phi) is 2.86. The quantitative estimate of drug-likeness (QED) is 0.823. The zero-order valence-electron chi connectivity index (χ0n) is 11.7. The van der Waals surface area contributed by atoms with Gasteiger partial charge in [0, 0.05) is 10.8 Å². The molecule has 0 atom stereocenters. The fourth-order valence-corrected chi connectivity index (χ4v) is 3.47. The number of hydrogen-bond acceptors (Lipinski definition) is 2. The molecule has 1 aliphatic heterocycles. The van der Waals surface area contributed by atoms with Gasteiger partial charge in [-0.2, -0.15) is 0 Å². The molecule has 1 fully saturated rings. The van der Waals surface area contributed by atoms with Crippen molar-refractivity contribution < 1.29 is 4.79 Å². The Morgan fingerprint density at radius 1 is 1.21 bits per heavy atom. The largest absolute Gasteiger partial charge is 0.317 e. The van der Waals surface area contributed by atoms with Crippen LogP contribution in [0.1, 0.15) is 37.8 Å². The summed E-state index contributed by atoms with van der Waals surface area (Å²) < 4.78 is 0. The summed E-state index contributed by atoms with van der Waals surface area (Å²) >= 11 is 0. The van der Waals surface area contributed by atoms with Gasteiger partial charge in [0.2, 0.25) is 0 Å². The maximum absolute atomic E-state index is 11.4. The van der Waals surface area contributed by atoms with Crippen molar-refractivity contribution >= 4 is 11.9 Å². The predicted octanol–water partition coefficient (Wildman–Crippen LogP) is 2.93. The molecule has 100 valence electrons. The minimum Gasteiger partial charge on any atom is -0.317 e. The summed E-state index contributed by atoms with van der Waals surface area (Å²) in [6, 6.07) is 8.61. The van der Waals surface area contributed by atoms with Gasteiger partial charge >= 0.3 is 0 Å². The van der Waals surface area contributed by atoms with Gasteiger partial charge in [-0.05, 0) is 56.5 Å². The van der Waals surface area contributed by atoms with Crippen LogP contribution in [0.2, 0.25) is 0 Å². The SMILES string of the molecule is CC(C)(C=O)C1=CC2(CCNCC2)c2ccccc21. The molecule has 1 saturated heterocycles. The summed E-state index contributed by atoms with van der Waals surface area (Å²) in [4.78, 5) is 11.4. The molecular weight excluding hydrogens is 234 g/mol. The van der Waals surface area contributed by atoms with E-state index in [-0.39, 0.29) is 5.41 Å². The molecule has 19 heavy (non-hydrogen) atoms. The molecule has 1 aliphatic carbocycles. The van der Waals surface area contributed by atoms with Crippen molar-refractivity contribution in [2.75, 3.05) is 13.1 Å². The van der Waals surface area contributed by atoms with Gasteiger partial charge in [0.05, 0.1) is 0 Å². The third kappa shape index (κ3) is 1.86. The fourth-order valence-electron chi connectivity index (χ4n) is 3.47. The molecule has 0 saturated carbocycles. The predicted molar refractivity (Wildman–Crippen MR) is 78.0 cm³/mol. The molecule has 1 aromatic rings. The van der Waals surface area contributed by atoms with Crippen LogP contribution in [0.4, 0.5) is 0 Å². The number of aldehydes is 1. The van der Waals surface area contributed by atoms with Gasteiger partial charge < -0.3 is 10.1 Å². The minimum atomic E-state index is -0.398. The molecule has 0 bridgehead atoms. The average molecular weight is 255 g/mol. The van der Waals surface area contributed by atoms with Crippen LogP contribution in [0.15, 0.2) is 30.3 Å². The van der Waals surface area contributed by atoms with E-state index in [1.165, 1.54) is 16.7 Å². The highest BCUT2D eigenvalue weighted by molar-refractivity contribution is 5.89. The van der Waals surface area contributed by atoms with Gasteiger partial charge in [-0.1, -0.05) is 30.3 Å². The highest BCUT2D eigenvalue weighted by atomic mass is 16.1. The molecule has 0 aromatic heterocycles. The van der Waals surface area contributed by atoms with Crippen molar-refractivity contribution in [3.05, 3.63) is 41.5 Å². The lowest BCUT2D eigenvalue weighted by Crippen LogP contribution is -2.37. The smallest absolute Gasteiger partial charge is 0.129 e. The van der Waals surface area contributed by atoms with Crippen molar-refractivity contribution in [2.24, 2.45) is 5.41 Å². The van der Waals surface area contributed by atoms with Crippen molar-refractivity contribution in [1.29, 1.82) is 0 Å². The number of piperidine rings is 1. The second kappa shape index (κ2) is 4.31. The first-order valence-corrected chi connectivity index (χ1v) is 7.09. The van der Waals surface area contributed by atoms with Crippen LogP contribution >= 0.6 is 0 Å². The van der Waals surface area contributed by atoms with Crippen molar-refractivity contribution in [1.82, 2.24) is 5.32 Å². The van der Waals surface area contributed by atoms with Crippen LogP contribution in [0, 0.1) is 5.41 Å². The average Bonchev–Trinajstić information content (AvgIpc) is 2.76.